The van der Waals surface area contributed by atoms with Crippen LogP contribution in [-0.2, 0) is 0 Å². The molecule has 2 atom stereocenters. The van der Waals surface area contributed by atoms with Gasteiger partial charge in [-0.15, -0.1) is 0 Å². The van der Waals surface area contributed by atoms with Gasteiger partial charge in [0.1, 0.15) is 0 Å². The van der Waals surface area contributed by atoms with Crippen LogP contribution < -0.4 is 5.32 Å². The van der Waals surface area contributed by atoms with Crippen LogP contribution in [0.15, 0.2) is 11.6 Å². The minimum Gasteiger partial charge on any atom is -0.314 e. The van der Waals surface area contributed by atoms with E-state index in [0.717, 1.165) is 5.92 Å². The van der Waals surface area contributed by atoms with Gasteiger partial charge in [0, 0.05) is 6.04 Å². The Balaban J connectivity index is 2.05. The molecule has 1 N–H and O–H groups in total. The van der Waals surface area contributed by atoms with Crippen LogP contribution in [0.1, 0.15) is 19.3 Å². The van der Waals surface area contributed by atoms with Crippen molar-refractivity contribution in [3.63, 3.8) is 0 Å². The second-order valence-electron chi connectivity index (χ2n) is 3.11. The highest BCUT2D eigenvalue weighted by Crippen LogP contribution is 2.41. The largest absolute Gasteiger partial charge is 0.314 e. The van der Waals surface area contributed by atoms with Crippen LogP contribution in [-0.4, -0.2) is 13.1 Å². The minimum absolute atomic E-state index is 0.701. The molecule has 0 aromatic rings. The van der Waals surface area contributed by atoms with Crippen molar-refractivity contribution in [3.05, 3.63) is 11.6 Å². The minimum atomic E-state index is 0.701. The van der Waals surface area contributed by atoms with E-state index in [2.05, 4.69) is 11.4 Å². The van der Waals surface area contributed by atoms with E-state index in [9.17, 15) is 0 Å². The third-order valence-corrected chi connectivity index (χ3v) is 2.63. The molecule has 9 heavy (non-hydrogen) atoms. The first-order valence-corrected chi connectivity index (χ1v) is 3.78. The number of hydrogen-bond donors (Lipinski definition) is 1. The van der Waals surface area contributed by atoms with Crippen LogP contribution in [0.25, 0.3) is 0 Å². The average Bonchev–Trinajstić information content (AvgIpc) is 2.10. The van der Waals surface area contributed by atoms with E-state index in [4.69, 9.17) is 0 Å². The van der Waals surface area contributed by atoms with Crippen LogP contribution >= 0.6 is 0 Å². The van der Waals surface area contributed by atoms with Gasteiger partial charge in [0.25, 0.3) is 0 Å². The number of hydrogen-bond acceptors (Lipinski definition) is 1. The van der Waals surface area contributed by atoms with Crippen molar-refractivity contribution in [1.29, 1.82) is 0 Å². The van der Waals surface area contributed by atoms with Crippen LogP contribution in [0, 0.1) is 5.92 Å². The summed E-state index contributed by atoms with van der Waals surface area (Å²) >= 11 is 0. The standard InChI is InChI=1S/C8H13N/c1-9-8-4-6-2-3-7(6)5-8/h4,7-9H,2-3,5H2,1H3/t7?,8-/m0/s1. The molecule has 1 nitrogen and oxygen atoms in total. The molecule has 1 heteroatoms. The zero-order valence-electron chi connectivity index (χ0n) is 5.85. The van der Waals surface area contributed by atoms with Crippen molar-refractivity contribution in [2.24, 2.45) is 5.92 Å². The number of nitrogens with one attached hydrogen (secondary N) is 1. The average molecular weight is 123 g/mol. The summed E-state index contributed by atoms with van der Waals surface area (Å²) in [6.45, 7) is 0. The summed E-state index contributed by atoms with van der Waals surface area (Å²) in [5.74, 6) is 0.974. The summed E-state index contributed by atoms with van der Waals surface area (Å²) in [6.07, 6.45) is 6.60. The summed E-state index contributed by atoms with van der Waals surface area (Å²) in [7, 11) is 2.05. The van der Waals surface area contributed by atoms with E-state index in [1.165, 1.54) is 19.3 Å². The van der Waals surface area contributed by atoms with Gasteiger partial charge in [0.2, 0.25) is 0 Å². The molecule has 0 aromatic carbocycles. The monoisotopic (exact) mass is 123 g/mol. The van der Waals surface area contributed by atoms with Gasteiger partial charge < -0.3 is 5.32 Å². The highest BCUT2D eigenvalue weighted by Gasteiger charge is 2.31. The summed E-state index contributed by atoms with van der Waals surface area (Å²) < 4.78 is 0. The Morgan fingerprint density at radius 2 is 2.56 bits per heavy atom. The highest BCUT2D eigenvalue weighted by atomic mass is 14.9. The van der Waals surface area contributed by atoms with Crippen molar-refractivity contribution < 1.29 is 0 Å². The fourth-order valence-corrected chi connectivity index (χ4v) is 1.84. The molecule has 0 bridgehead atoms. The number of rotatable bonds is 1. The first kappa shape index (κ1) is 5.48. The van der Waals surface area contributed by atoms with E-state index in [1.807, 2.05) is 7.05 Å². The Labute approximate surface area is 56.1 Å². The predicted molar refractivity (Wildman–Crippen MR) is 38.3 cm³/mol. The zero-order chi connectivity index (χ0) is 6.27. The predicted octanol–water partition coefficient (Wildman–Crippen LogP) is 1.31. The Kier molecular flexibility index (Phi) is 1.12. The topological polar surface area (TPSA) is 12.0 Å². The van der Waals surface area contributed by atoms with Gasteiger partial charge in [0.05, 0.1) is 0 Å². The molecule has 1 saturated carbocycles. The molecule has 0 amide bonds. The van der Waals surface area contributed by atoms with Gasteiger partial charge >= 0.3 is 0 Å². The molecule has 1 fully saturated rings. The Bertz CT molecular complexity index is 149. The van der Waals surface area contributed by atoms with Crippen LogP contribution in [0.2, 0.25) is 0 Å². The molecule has 1 unspecified atom stereocenters. The first-order valence-electron chi connectivity index (χ1n) is 3.78. The Morgan fingerprint density at radius 1 is 1.67 bits per heavy atom. The molecule has 0 heterocycles. The van der Waals surface area contributed by atoms with Crippen molar-refractivity contribution >= 4 is 0 Å². The lowest BCUT2D eigenvalue weighted by atomic mass is 9.81. The molecule has 0 spiro atoms. The lowest BCUT2D eigenvalue weighted by Crippen LogP contribution is -2.21. The maximum atomic E-state index is 3.29. The van der Waals surface area contributed by atoms with Gasteiger partial charge in [0.15, 0.2) is 0 Å². The van der Waals surface area contributed by atoms with Crippen molar-refractivity contribution in [1.82, 2.24) is 5.32 Å². The van der Waals surface area contributed by atoms with E-state index >= 15 is 0 Å². The maximum Gasteiger partial charge on any atom is 0.0255 e. The van der Waals surface area contributed by atoms with Crippen LogP contribution in [0.3, 0.4) is 0 Å². The molecule has 2 rings (SSSR count). The number of likely N-dealkylation sites (N-methyl/N-ethyl adjacent to an activating group) is 1. The Hall–Kier alpha value is -0.300. The Morgan fingerprint density at radius 3 is 2.89 bits per heavy atom. The summed E-state index contributed by atoms with van der Waals surface area (Å²) in [5, 5.41) is 3.29. The molecule has 2 aliphatic carbocycles. The smallest absolute Gasteiger partial charge is 0.0255 e. The molecule has 0 radical (unpaired) electrons. The second-order valence-corrected chi connectivity index (χ2v) is 3.11. The SMILES string of the molecule is CN[C@H]1C=C2CCC2C1. The third kappa shape index (κ3) is 0.715. The molecule has 50 valence electrons. The quantitative estimate of drug-likeness (QED) is 0.518. The van der Waals surface area contributed by atoms with Crippen LogP contribution in [0.4, 0.5) is 0 Å². The van der Waals surface area contributed by atoms with Crippen molar-refractivity contribution in [2.45, 2.75) is 25.3 Å². The number of allylic oxidation sites excluding steroid dienone is 1. The second kappa shape index (κ2) is 1.84. The summed E-state index contributed by atoms with van der Waals surface area (Å²) in [4.78, 5) is 0. The zero-order valence-corrected chi connectivity index (χ0v) is 5.85. The maximum absolute atomic E-state index is 3.29. The van der Waals surface area contributed by atoms with E-state index in [0.29, 0.717) is 6.04 Å². The van der Waals surface area contributed by atoms with Gasteiger partial charge in [-0.2, -0.15) is 0 Å². The molecule has 0 aliphatic heterocycles. The summed E-state index contributed by atoms with van der Waals surface area (Å²) in [5.41, 5.74) is 1.72. The van der Waals surface area contributed by atoms with Crippen molar-refractivity contribution in [3.8, 4) is 0 Å². The van der Waals surface area contributed by atoms with E-state index in [-0.39, 0.29) is 0 Å². The first-order chi connectivity index (χ1) is 4.40. The van der Waals surface area contributed by atoms with Crippen LogP contribution in [0.5, 0.6) is 0 Å². The highest BCUT2D eigenvalue weighted by molar-refractivity contribution is 5.24. The third-order valence-electron chi connectivity index (χ3n) is 2.63. The molecular weight excluding hydrogens is 110 g/mol. The normalized spacial score (nSPS) is 39.4. The van der Waals surface area contributed by atoms with Gasteiger partial charge in [-0.1, -0.05) is 11.6 Å². The molecule has 2 aliphatic rings. The molecule has 0 aromatic heterocycles. The fourth-order valence-electron chi connectivity index (χ4n) is 1.84. The van der Waals surface area contributed by atoms with Crippen molar-refractivity contribution in [2.75, 3.05) is 7.05 Å². The lowest BCUT2D eigenvalue weighted by molar-refractivity contribution is 0.424. The van der Waals surface area contributed by atoms with Gasteiger partial charge in [-0.05, 0) is 32.2 Å². The fraction of sp³-hybridized carbons (Fsp3) is 0.750. The van der Waals surface area contributed by atoms with E-state index in [1.54, 1.807) is 5.57 Å². The molecular formula is C8H13N. The number of fused-ring (bicyclic) bond motifs is 1. The van der Waals surface area contributed by atoms with E-state index < -0.39 is 0 Å². The molecule has 0 saturated heterocycles. The van der Waals surface area contributed by atoms with Gasteiger partial charge in [-0.25, -0.2) is 0 Å². The lowest BCUT2D eigenvalue weighted by Gasteiger charge is -2.24. The van der Waals surface area contributed by atoms with Gasteiger partial charge in [-0.3, -0.25) is 0 Å². The summed E-state index contributed by atoms with van der Waals surface area (Å²) in [6, 6.07) is 0.701.